The van der Waals surface area contributed by atoms with Crippen LogP contribution >= 0.6 is 0 Å². The lowest BCUT2D eigenvalue weighted by Gasteiger charge is -2.32. The molecule has 0 aromatic heterocycles. The minimum absolute atomic E-state index is 0.0413. The molecule has 34 heavy (non-hydrogen) atoms. The Morgan fingerprint density at radius 1 is 0.853 bits per heavy atom. The average Bonchev–Trinajstić information content (AvgIpc) is 2.84. The number of hydrogen-bond acceptors (Lipinski definition) is 4. The Hall–Kier alpha value is -1.63. The maximum Gasteiger partial charge on any atom is 0.317 e. The Kier molecular flexibility index (Phi) is 16.7. The third kappa shape index (κ3) is 11.7. The van der Waals surface area contributed by atoms with Crippen LogP contribution in [-0.2, 0) is 14.2 Å². The zero-order chi connectivity index (χ0) is 25.1. The Bertz CT molecular complexity index is 609. The summed E-state index contributed by atoms with van der Waals surface area (Å²) in [6.07, 6.45) is 9.67. The van der Waals surface area contributed by atoms with Crippen LogP contribution in [0.2, 0.25) is 0 Å². The van der Waals surface area contributed by atoms with Crippen molar-refractivity contribution in [3.05, 3.63) is 35.9 Å². The molecule has 0 aliphatic carbocycles. The van der Waals surface area contributed by atoms with E-state index < -0.39 is 5.97 Å². The predicted molar refractivity (Wildman–Crippen MR) is 140 cm³/mol. The molecule has 0 heterocycles. The fourth-order valence-corrected chi connectivity index (χ4v) is 4.27. The number of nitrogens with zero attached hydrogens (tertiary/aromatic N) is 1. The summed E-state index contributed by atoms with van der Waals surface area (Å²) in [6.45, 7) is 13.4. The van der Waals surface area contributed by atoms with E-state index in [4.69, 9.17) is 14.2 Å². The number of unbranched alkanes of at least 4 members (excludes halogenated alkanes) is 6. The normalized spacial score (nSPS) is 12.5. The Balaban J connectivity index is 2.21. The summed E-state index contributed by atoms with van der Waals surface area (Å²) in [6, 6.07) is 10.4. The third-order valence-corrected chi connectivity index (χ3v) is 6.00. The molecule has 2 amide bonds. The number of amides is 2. The molecular formula is C28H50N2O4. The number of carbonyl (C=O) groups excluding carboxylic acids is 1. The van der Waals surface area contributed by atoms with E-state index in [1.54, 1.807) is 0 Å². The molecule has 0 saturated heterocycles. The topological polar surface area (TPSA) is 60.0 Å². The van der Waals surface area contributed by atoms with Gasteiger partial charge in [0.05, 0.1) is 6.04 Å². The second-order valence-electron chi connectivity index (χ2n) is 8.72. The minimum Gasteiger partial charge on any atom is -0.338 e. The van der Waals surface area contributed by atoms with Crippen LogP contribution in [0.25, 0.3) is 0 Å². The van der Waals surface area contributed by atoms with Crippen molar-refractivity contribution in [2.45, 2.75) is 104 Å². The SMILES string of the molecule is CCCN(C(=O)NCCCCCCCCCC(OCC)(OCC)OCC)C(C)c1ccccc1. The predicted octanol–water partition coefficient (Wildman–Crippen LogP) is 7.05. The summed E-state index contributed by atoms with van der Waals surface area (Å²) in [5, 5.41) is 3.13. The average molecular weight is 479 g/mol. The lowest BCUT2D eigenvalue weighted by Crippen LogP contribution is -2.42. The van der Waals surface area contributed by atoms with Gasteiger partial charge in [0, 0.05) is 39.3 Å². The molecule has 1 aromatic carbocycles. The molecule has 0 aliphatic rings. The van der Waals surface area contributed by atoms with E-state index >= 15 is 0 Å². The van der Waals surface area contributed by atoms with Gasteiger partial charge < -0.3 is 24.4 Å². The van der Waals surface area contributed by atoms with E-state index in [1.165, 1.54) is 24.8 Å². The number of carbonyl (C=O) groups is 1. The zero-order valence-electron chi connectivity index (χ0n) is 22.4. The highest BCUT2D eigenvalue weighted by Crippen LogP contribution is 2.24. The molecule has 1 N–H and O–H groups in total. The van der Waals surface area contributed by atoms with E-state index in [0.29, 0.717) is 19.8 Å². The van der Waals surface area contributed by atoms with Gasteiger partial charge in [-0.05, 0) is 52.5 Å². The third-order valence-electron chi connectivity index (χ3n) is 6.00. The van der Waals surface area contributed by atoms with Crippen molar-refractivity contribution in [2.24, 2.45) is 0 Å². The molecule has 6 heteroatoms. The minimum atomic E-state index is -0.875. The Morgan fingerprint density at radius 2 is 1.38 bits per heavy atom. The van der Waals surface area contributed by atoms with Crippen LogP contribution in [0.4, 0.5) is 4.79 Å². The van der Waals surface area contributed by atoms with Gasteiger partial charge in [0.15, 0.2) is 0 Å². The number of nitrogens with one attached hydrogen (secondary N) is 1. The van der Waals surface area contributed by atoms with Crippen molar-refractivity contribution < 1.29 is 19.0 Å². The zero-order valence-corrected chi connectivity index (χ0v) is 22.4. The molecule has 0 radical (unpaired) electrons. The fourth-order valence-electron chi connectivity index (χ4n) is 4.27. The van der Waals surface area contributed by atoms with Crippen molar-refractivity contribution in [3.8, 4) is 0 Å². The summed E-state index contributed by atoms with van der Waals surface area (Å²) >= 11 is 0. The summed E-state index contributed by atoms with van der Waals surface area (Å²) in [5.41, 5.74) is 1.17. The second kappa shape index (κ2) is 18.7. The lowest BCUT2D eigenvalue weighted by atomic mass is 10.1. The number of ether oxygens (including phenoxy) is 3. The van der Waals surface area contributed by atoms with Gasteiger partial charge in [-0.3, -0.25) is 0 Å². The lowest BCUT2D eigenvalue weighted by molar-refractivity contribution is -0.380. The van der Waals surface area contributed by atoms with Gasteiger partial charge in [-0.1, -0.05) is 69.4 Å². The molecule has 1 atom stereocenters. The van der Waals surface area contributed by atoms with Gasteiger partial charge >= 0.3 is 6.03 Å². The van der Waals surface area contributed by atoms with E-state index in [2.05, 4.69) is 31.3 Å². The standard InChI is InChI=1S/C28H50N2O4/c1-6-24-30(25(5)26-20-16-15-17-21-26)27(31)29-23-19-14-12-10-11-13-18-22-28(32-7-2,33-8-3)34-9-4/h15-17,20-21,25H,6-14,18-19,22-24H2,1-5H3,(H,29,31). The quantitative estimate of drug-likeness (QED) is 0.161. The molecule has 1 rings (SSSR count). The fraction of sp³-hybridized carbons (Fsp3) is 0.750. The molecule has 0 saturated carbocycles. The summed E-state index contributed by atoms with van der Waals surface area (Å²) < 4.78 is 17.4. The van der Waals surface area contributed by atoms with Crippen molar-refractivity contribution in [2.75, 3.05) is 32.9 Å². The highest BCUT2D eigenvalue weighted by Gasteiger charge is 2.31. The van der Waals surface area contributed by atoms with E-state index in [0.717, 1.165) is 51.6 Å². The highest BCUT2D eigenvalue weighted by molar-refractivity contribution is 5.74. The monoisotopic (exact) mass is 478 g/mol. The van der Waals surface area contributed by atoms with Crippen LogP contribution in [-0.4, -0.2) is 49.8 Å². The van der Waals surface area contributed by atoms with Crippen LogP contribution in [0.5, 0.6) is 0 Å². The van der Waals surface area contributed by atoms with Crippen LogP contribution in [0.1, 0.15) is 104 Å². The molecule has 6 nitrogen and oxygen atoms in total. The number of urea groups is 1. The Morgan fingerprint density at radius 3 is 1.91 bits per heavy atom. The van der Waals surface area contributed by atoms with Crippen LogP contribution in [0.3, 0.4) is 0 Å². The number of hydrogen-bond donors (Lipinski definition) is 1. The number of benzene rings is 1. The van der Waals surface area contributed by atoms with E-state index in [9.17, 15) is 4.79 Å². The first-order valence-electron chi connectivity index (χ1n) is 13.5. The van der Waals surface area contributed by atoms with Gasteiger partial charge in [-0.25, -0.2) is 4.79 Å². The van der Waals surface area contributed by atoms with Gasteiger partial charge in [-0.15, -0.1) is 0 Å². The molecule has 0 spiro atoms. The van der Waals surface area contributed by atoms with Crippen LogP contribution < -0.4 is 5.32 Å². The van der Waals surface area contributed by atoms with E-state index in [1.807, 2.05) is 43.9 Å². The van der Waals surface area contributed by atoms with Crippen molar-refractivity contribution >= 4 is 6.03 Å². The highest BCUT2D eigenvalue weighted by atomic mass is 16.9. The first-order chi connectivity index (χ1) is 16.5. The summed E-state index contributed by atoms with van der Waals surface area (Å²) in [5.74, 6) is -0.875. The van der Waals surface area contributed by atoms with Gasteiger partial charge in [0.25, 0.3) is 5.97 Å². The van der Waals surface area contributed by atoms with Gasteiger partial charge in [-0.2, -0.15) is 0 Å². The first-order valence-corrected chi connectivity index (χ1v) is 13.5. The smallest absolute Gasteiger partial charge is 0.317 e. The summed E-state index contributed by atoms with van der Waals surface area (Å²) in [4.78, 5) is 14.7. The maximum atomic E-state index is 12.8. The second-order valence-corrected chi connectivity index (χ2v) is 8.72. The molecular weight excluding hydrogens is 428 g/mol. The van der Waals surface area contributed by atoms with Crippen molar-refractivity contribution in [1.29, 1.82) is 0 Å². The molecule has 0 aliphatic heterocycles. The first kappa shape index (κ1) is 30.4. The van der Waals surface area contributed by atoms with E-state index in [-0.39, 0.29) is 12.1 Å². The van der Waals surface area contributed by atoms with Crippen molar-refractivity contribution in [3.63, 3.8) is 0 Å². The van der Waals surface area contributed by atoms with Crippen LogP contribution in [0.15, 0.2) is 30.3 Å². The van der Waals surface area contributed by atoms with Gasteiger partial charge in [0.2, 0.25) is 0 Å². The molecule has 0 fully saturated rings. The molecule has 1 unspecified atom stereocenters. The molecule has 0 bridgehead atoms. The van der Waals surface area contributed by atoms with Crippen LogP contribution in [0, 0.1) is 0 Å². The largest absolute Gasteiger partial charge is 0.338 e. The maximum absolute atomic E-state index is 12.8. The summed E-state index contributed by atoms with van der Waals surface area (Å²) in [7, 11) is 0. The molecule has 1 aromatic rings. The number of rotatable bonds is 20. The van der Waals surface area contributed by atoms with Gasteiger partial charge in [0.1, 0.15) is 0 Å². The molecule has 196 valence electrons. The van der Waals surface area contributed by atoms with Crippen molar-refractivity contribution in [1.82, 2.24) is 10.2 Å². The Labute approximate surface area is 208 Å².